The quantitative estimate of drug-likeness (QED) is 0.701. The lowest BCUT2D eigenvalue weighted by atomic mass is 10.2. The molecular formula is C16H18N4O3. The summed E-state index contributed by atoms with van der Waals surface area (Å²) >= 11 is 0. The van der Waals surface area contributed by atoms with Gasteiger partial charge in [0.1, 0.15) is 12.2 Å². The number of aryl methyl sites for hydroxylation is 1. The van der Waals surface area contributed by atoms with E-state index in [4.69, 9.17) is 9.15 Å². The zero-order valence-corrected chi connectivity index (χ0v) is 13.1. The van der Waals surface area contributed by atoms with Gasteiger partial charge in [-0.2, -0.15) is 0 Å². The molecular weight excluding hydrogens is 296 g/mol. The summed E-state index contributed by atoms with van der Waals surface area (Å²) in [4.78, 5) is 12.2. The van der Waals surface area contributed by atoms with Crippen molar-refractivity contribution in [3.63, 3.8) is 0 Å². The first kappa shape index (κ1) is 15.2. The molecule has 0 atom stereocenters. The first-order chi connectivity index (χ1) is 11.2. The van der Waals surface area contributed by atoms with Gasteiger partial charge in [0.2, 0.25) is 11.8 Å². The molecule has 23 heavy (non-hydrogen) atoms. The average Bonchev–Trinajstić information content (AvgIpc) is 3.12. The van der Waals surface area contributed by atoms with Gasteiger partial charge in [0.25, 0.3) is 5.89 Å². The molecule has 3 aromatic rings. The molecule has 0 bridgehead atoms. The van der Waals surface area contributed by atoms with Crippen LogP contribution in [0.15, 0.2) is 34.7 Å². The Morgan fingerprint density at radius 1 is 1.35 bits per heavy atom. The first-order valence-corrected chi connectivity index (χ1v) is 7.33. The molecule has 0 spiro atoms. The molecule has 7 nitrogen and oxygen atoms in total. The minimum absolute atomic E-state index is 0.0964. The molecule has 7 heteroatoms. The highest BCUT2D eigenvalue weighted by Gasteiger charge is 2.17. The van der Waals surface area contributed by atoms with Gasteiger partial charge >= 0.3 is 0 Å². The lowest BCUT2D eigenvalue weighted by molar-refractivity contribution is -0.121. The Labute approximate surface area is 133 Å². The van der Waals surface area contributed by atoms with E-state index in [9.17, 15) is 4.79 Å². The molecule has 1 aromatic carbocycles. The van der Waals surface area contributed by atoms with Gasteiger partial charge in [0.05, 0.1) is 6.61 Å². The van der Waals surface area contributed by atoms with E-state index in [1.54, 1.807) is 14.0 Å². The topological polar surface area (TPSA) is 82.2 Å². The standard InChI is InChI=1S/C16H18N4O3/c1-11-18-19-16(23-11)14-9-12-5-3-4-6-13(12)20(14)10-15(21)17-7-8-22-2/h3-6,9H,7-8,10H2,1-2H3,(H,17,21). The third-order valence-electron chi connectivity index (χ3n) is 3.49. The Hall–Kier alpha value is -2.67. The fourth-order valence-electron chi connectivity index (χ4n) is 2.45. The van der Waals surface area contributed by atoms with Crippen LogP contribution in [0.25, 0.3) is 22.5 Å². The fraction of sp³-hybridized carbons (Fsp3) is 0.312. The van der Waals surface area contributed by atoms with E-state index >= 15 is 0 Å². The van der Waals surface area contributed by atoms with Crippen LogP contribution in [-0.4, -0.2) is 40.9 Å². The van der Waals surface area contributed by atoms with Crippen molar-refractivity contribution in [2.45, 2.75) is 13.5 Å². The summed E-state index contributed by atoms with van der Waals surface area (Å²) in [5, 5.41) is 11.8. The largest absolute Gasteiger partial charge is 0.420 e. The molecule has 0 saturated heterocycles. The third kappa shape index (κ3) is 3.24. The summed E-state index contributed by atoms with van der Waals surface area (Å²) in [7, 11) is 1.60. The molecule has 0 aliphatic carbocycles. The van der Waals surface area contributed by atoms with Crippen molar-refractivity contribution in [1.29, 1.82) is 0 Å². The van der Waals surface area contributed by atoms with Crippen molar-refractivity contribution in [2.24, 2.45) is 0 Å². The number of benzene rings is 1. The van der Waals surface area contributed by atoms with Crippen molar-refractivity contribution in [1.82, 2.24) is 20.1 Å². The Kier molecular flexibility index (Phi) is 4.38. The van der Waals surface area contributed by atoms with E-state index < -0.39 is 0 Å². The molecule has 120 valence electrons. The summed E-state index contributed by atoms with van der Waals surface area (Å²) in [6.07, 6.45) is 0. The highest BCUT2D eigenvalue weighted by atomic mass is 16.5. The summed E-state index contributed by atoms with van der Waals surface area (Å²) in [5.74, 6) is 0.797. The number of aromatic nitrogens is 3. The van der Waals surface area contributed by atoms with Gasteiger partial charge < -0.3 is 19.0 Å². The molecule has 2 heterocycles. The number of amides is 1. The van der Waals surface area contributed by atoms with Gasteiger partial charge in [0, 0.05) is 31.5 Å². The molecule has 0 fully saturated rings. The smallest absolute Gasteiger partial charge is 0.264 e. The van der Waals surface area contributed by atoms with Gasteiger partial charge in [-0.1, -0.05) is 18.2 Å². The number of methoxy groups -OCH3 is 1. The maximum Gasteiger partial charge on any atom is 0.264 e. The molecule has 0 aliphatic heterocycles. The van der Waals surface area contributed by atoms with Gasteiger partial charge in [-0.05, 0) is 12.1 Å². The van der Waals surface area contributed by atoms with Crippen molar-refractivity contribution in [3.8, 4) is 11.6 Å². The number of hydrogen-bond donors (Lipinski definition) is 1. The number of rotatable bonds is 6. The zero-order valence-electron chi connectivity index (χ0n) is 13.1. The van der Waals surface area contributed by atoms with Crippen LogP contribution in [0, 0.1) is 6.92 Å². The SMILES string of the molecule is COCCNC(=O)Cn1c(-c2nnc(C)o2)cc2ccccc21. The molecule has 0 aliphatic rings. The Morgan fingerprint density at radius 3 is 2.91 bits per heavy atom. The Morgan fingerprint density at radius 2 is 2.17 bits per heavy atom. The van der Waals surface area contributed by atoms with Crippen molar-refractivity contribution < 1.29 is 13.9 Å². The highest BCUT2D eigenvalue weighted by Crippen LogP contribution is 2.27. The summed E-state index contributed by atoms with van der Waals surface area (Å²) in [5.41, 5.74) is 1.67. The summed E-state index contributed by atoms with van der Waals surface area (Å²) in [6.45, 7) is 2.87. The molecule has 1 N–H and O–H groups in total. The van der Waals surface area contributed by atoms with Crippen LogP contribution in [0.1, 0.15) is 5.89 Å². The second-order valence-corrected chi connectivity index (χ2v) is 5.14. The molecule has 0 radical (unpaired) electrons. The van der Waals surface area contributed by atoms with Gasteiger partial charge in [0.15, 0.2) is 0 Å². The predicted molar refractivity (Wildman–Crippen MR) is 84.9 cm³/mol. The van der Waals surface area contributed by atoms with Crippen LogP contribution in [0.2, 0.25) is 0 Å². The number of carbonyl (C=O) groups excluding carboxylic acids is 1. The monoisotopic (exact) mass is 314 g/mol. The van der Waals surface area contributed by atoms with Crippen LogP contribution in [0.4, 0.5) is 0 Å². The van der Waals surface area contributed by atoms with Gasteiger partial charge in [-0.15, -0.1) is 10.2 Å². The molecule has 0 saturated carbocycles. The number of carbonyl (C=O) groups is 1. The number of para-hydroxylation sites is 1. The van der Waals surface area contributed by atoms with E-state index in [-0.39, 0.29) is 12.5 Å². The van der Waals surface area contributed by atoms with Crippen LogP contribution in [0.3, 0.4) is 0 Å². The van der Waals surface area contributed by atoms with Crippen LogP contribution in [-0.2, 0) is 16.1 Å². The molecule has 1 amide bonds. The second kappa shape index (κ2) is 6.62. The van der Waals surface area contributed by atoms with Crippen molar-refractivity contribution in [2.75, 3.05) is 20.3 Å². The lowest BCUT2D eigenvalue weighted by Gasteiger charge is -2.09. The number of nitrogens with zero attached hydrogens (tertiary/aromatic N) is 3. The maximum absolute atomic E-state index is 12.2. The summed E-state index contributed by atoms with van der Waals surface area (Å²) < 4.78 is 12.3. The predicted octanol–water partition coefficient (Wildman–Crippen LogP) is 1.76. The average molecular weight is 314 g/mol. The summed E-state index contributed by atoms with van der Waals surface area (Å²) in [6, 6.07) is 9.79. The highest BCUT2D eigenvalue weighted by molar-refractivity contribution is 5.88. The number of nitrogens with one attached hydrogen (secondary N) is 1. The van der Waals surface area contributed by atoms with Crippen molar-refractivity contribution in [3.05, 3.63) is 36.2 Å². The number of hydrogen-bond acceptors (Lipinski definition) is 5. The molecule has 2 aromatic heterocycles. The van der Waals surface area contributed by atoms with Gasteiger partial charge in [-0.25, -0.2) is 0 Å². The van der Waals surface area contributed by atoms with E-state index in [0.29, 0.717) is 24.9 Å². The fourth-order valence-corrected chi connectivity index (χ4v) is 2.45. The minimum Gasteiger partial charge on any atom is -0.420 e. The van der Waals surface area contributed by atoms with Crippen LogP contribution >= 0.6 is 0 Å². The number of fused-ring (bicyclic) bond motifs is 1. The van der Waals surface area contributed by atoms with Crippen molar-refractivity contribution >= 4 is 16.8 Å². The van der Waals surface area contributed by atoms with Crippen LogP contribution in [0.5, 0.6) is 0 Å². The Balaban J connectivity index is 1.95. The first-order valence-electron chi connectivity index (χ1n) is 7.33. The zero-order chi connectivity index (χ0) is 16.2. The third-order valence-corrected chi connectivity index (χ3v) is 3.49. The van der Waals surface area contributed by atoms with Crippen LogP contribution < -0.4 is 5.32 Å². The molecule has 3 rings (SSSR count). The Bertz CT molecular complexity index is 822. The van der Waals surface area contributed by atoms with Gasteiger partial charge in [-0.3, -0.25) is 4.79 Å². The number of ether oxygens (including phenoxy) is 1. The normalized spacial score (nSPS) is 11.0. The lowest BCUT2D eigenvalue weighted by Crippen LogP contribution is -2.30. The van der Waals surface area contributed by atoms with E-state index in [1.807, 2.05) is 34.9 Å². The minimum atomic E-state index is -0.0964. The van der Waals surface area contributed by atoms with E-state index in [0.717, 1.165) is 16.6 Å². The molecule has 0 unspecified atom stereocenters. The van der Waals surface area contributed by atoms with E-state index in [2.05, 4.69) is 15.5 Å². The second-order valence-electron chi connectivity index (χ2n) is 5.14. The maximum atomic E-state index is 12.2. The van der Waals surface area contributed by atoms with E-state index in [1.165, 1.54) is 0 Å².